The molecule has 6 nitrogen and oxygen atoms in total. The number of carbonyl (C=O) groups is 1. The first-order chi connectivity index (χ1) is 12.1. The molecule has 1 amide bonds. The van der Waals surface area contributed by atoms with Gasteiger partial charge in [0.15, 0.2) is 6.04 Å². The van der Waals surface area contributed by atoms with Crippen LogP contribution in [0.2, 0.25) is 0 Å². The average Bonchev–Trinajstić information content (AvgIpc) is 3.00. The molecule has 25 heavy (non-hydrogen) atoms. The molecule has 0 radical (unpaired) electrons. The Morgan fingerprint density at radius 1 is 1.12 bits per heavy atom. The van der Waals surface area contributed by atoms with Crippen molar-refractivity contribution in [2.45, 2.75) is 25.9 Å². The van der Waals surface area contributed by atoms with Gasteiger partial charge in [0.25, 0.3) is 5.91 Å². The summed E-state index contributed by atoms with van der Waals surface area (Å²) in [6.07, 6.45) is 1.000. The Bertz CT molecular complexity index is 988. The summed E-state index contributed by atoms with van der Waals surface area (Å²) in [5, 5.41) is 2.97. The van der Waals surface area contributed by atoms with E-state index in [1.807, 2.05) is 6.92 Å². The number of hydrogen-bond donors (Lipinski definition) is 4. The summed E-state index contributed by atoms with van der Waals surface area (Å²) in [6, 6.07) is 13.7. The Balaban J connectivity index is 1.47. The van der Waals surface area contributed by atoms with Crippen molar-refractivity contribution in [3.63, 3.8) is 0 Å². The van der Waals surface area contributed by atoms with Gasteiger partial charge in [-0.3, -0.25) is 4.79 Å². The van der Waals surface area contributed by atoms with Crippen LogP contribution in [0.3, 0.4) is 0 Å². The Morgan fingerprint density at radius 2 is 1.88 bits per heavy atom. The van der Waals surface area contributed by atoms with Gasteiger partial charge in [0.1, 0.15) is 6.54 Å². The summed E-state index contributed by atoms with van der Waals surface area (Å²) < 4.78 is 0. The van der Waals surface area contributed by atoms with Crippen molar-refractivity contribution in [1.82, 2.24) is 9.97 Å². The van der Waals surface area contributed by atoms with Crippen molar-refractivity contribution < 1.29 is 9.69 Å². The number of benzene rings is 2. The first-order valence-electron chi connectivity index (χ1n) is 8.54. The number of amides is 1. The summed E-state index contributed by atoms with van der Waals surface area (Å²) in [5.41, 5.74) is 4.58. The average molecular weight is 337 g/mol. The molecule has 128 valence electrons. The van der Waals surface area contributed by atoms with Gasteiger partial charge in [-0.2, -0.15) is 0 Å². The minimum atomic E-state index is -0.247. The fourth-order valence-corrected chi connectivity index (χ4v) is 3.52. The molecule has 1 aromatic heterocycles. The first-order valence-corrected chi connectivity index (χ1v) is 8.54. The highest BCUT2D eigenvalue weighted by atomic mass is 16.2. The summed E-state index contributed by atoms with van der Waals surface area (Å²) in [6.45, 7) is 3.79. The van der Waals surface area contributed by atoms with Crippen molar-refractivity contribution in [3.8, 4) is 0 Å². The van der Waals surface area contributed by atoms with Gasteiger partial charge in [-0.25, -0.2) is 4.79 Å². The van der Waals surface area contributed by atoms with Crippen molar-refractivity contribution in [1.29, 1.82) is 0 Å². The van der Waals surface area contributed by atoms with Gasteiger partial charge < -0.3 is 20.2 Å². The number of aromatic amines is 2. The molecule has 1 aliphatic rings. The number of hydrogen-bond acceptors (Lipinski definition) is 2. The highest BCUT2D eigenvalue weighted by Gasteiger charge is 2.28. The first kappa shape index (κ1) is 15.7. The summed E-state index contributed by atoms with van der Waals surface area (Å²) >= 11 is 0. The van der Waals surface area contributed by atoms with Crippen LogP contribution in [0.5, 0.6) is 0 Å². The quantitative estimate of drug-likeness (QED) is 0.571. The molecule has 3 aromatic rings. The minimum Gasteiger partial charge on any atom is -0.321 e. The zero-order valence-corrected chi connectivity index (χ0v) is 14.1. The number of quaternary nitrogens is 1. The molecule has 2 heterocycles. The van der Waals surface area contributed by atoms with E-state index in [2.05, 4.69) is 39.6 Å². The van der Waals surface area contributed by atoms with Crippen molar-refractivity contribution in [2.24, 2.45) is 0 Å². The van der Waals surface area contributed by atoms with Gasteiger partial charge in [-0.15, -0.1) is 0 Å². The second-order valence-corrected chi connectivity index (χ2v) is 6.65. The molecular weight excluding hydrogens is 316 g/mol. The van der Waals surface area contributed by atoms with E-state index in [1.165, 1.54) is 16.0 Å². The van der Waals surface area contributed by atoms with Crippen LogP contribution >= 0.6 is 0 Å². The third kappa shape index (κ3) is 3.08. The third-order valence-corrected chi connectivity index (χ3v) is 5.04. The fraction of sp³-hybridized carbons (Fsp3) is 0.263. The van der Waals surface area contributed by atoms with Crippen molar-refractivity contribution in [2.75, 3.05) is 11.9 Å². The lowest BCUT2D eigenvalue weighted by atomic mass is 9.99. The number of aromatic nitrogens is 2. The molecule has 2 atom stereocenters. The lowest BCUT2D eigenvalue weighted by Gasteiger charge is -2.30. The Labute approximate surface area is 144 Å². The minimum absolute atomic E-state index is 0.00777. The van der Waals surface area contributed by atoms with E-state index >= 15 is 0 Å². The second-order valence-electron chi connectivity index (χ2n) is 6.65. The largest absolute Gasteiger partial charge is 0.323 e. The molecule has 0 aliphatic carbocycles. The number of rotatable bonds is 3. The summed E-state index contributed by atoms with van der Waals surface area (Å²) in [5.74, 6) is -0.00777. The van der Waals surface area contributed by atoms with Crippen molar-refractivity contribution in [3.05, 3.63) is 64.1 Å². The summed E-state index contributed by atoms with van der Waals surface area (Å²) in [7, 11) is 0. The maximum absolute atomic E-state index is 12.7. The molecule has 0 saturated carbocycles. The van der Waals surface area contributed by atoms with E-state index in [0.717, 1.165) is 25.0 Å². The second kappa shape index (κ2) is 6.22. The standard InChI is InChI=1S/C19H20N4O2/c1-12(23-9-8-13-4-2-3-5-14(13)11-23)18(24)20-15-6-7-16-17(10-15)22-19(25)21-16/h2-7,10,12H,8-9,11H2,1H3,(H,20,24)(H2,21,22,25)/p+1/t12-/m1/s1. The maximum Gasteiger partial charge on any atom is 0.323 e. The number of imidazole rings is 1. The molecule has 4 rings (SSSR count). The van der Waals surface area contributed by atoms with Gasteiger partial charge in [-0.05, 0) is 30.7 Å². The maximum atomic E-state index is 12.7. The van der Waals surface area contributed by atoms with Gasteiger partial charge >= 0.3 is 5.69 Å². The molecule has 0 bridgehead atoms. The normalized spacial score (nSPS) is 17.9. The van der Waals surface area contributed by atoms with Crippen LogP contribution in [0, 0.1) is 0 Å². The number of nitrogens with one attached hydrogen (secondary N) is 4. The lowest BCUT2D eigenvalue weighted by molar-refractivity contribution is -0.929. The van der Waals surface area contributed by atoms with Crippen LogP contribution in [0.25, 0.3) is 11.0 Å². The fourth-order valence-electron chi connectivity index (χ4n) is 3.52. The topological polar surface area (TPSA) is 82.2 Å². The molecule has 6 heteroatoms. The highest BCUT2D eigenvalue weighted by Crippen LogP contribution is 2.15. The SMILES string of the molecule is C[C@H](C(=O)Nc1ccc2[nH]c(=O)[nH]c2c1)[NH+]1CCc2ccccc2C1. The van der Waals surface area contributed by atoms with Crippen LogP contribution in [0.15, 0.2) is 47.3 Å². The third-order valence-electron chi connectivity index (χ3n) is 5.04. The smallest absolute Gasteiger partial charge is 0.321 e. The molecule has 0 fully saturated rings. The number of H-pyrrole nitrogens is 2. The zero-order valence-electron chi connectivity index (χ0n) is 14.1. The van der Waals surface area contributed by atoms with E-state index in [9.17, 15) is 9.59 Å². The lowest BCUT2D eigenvalue weighted by Crippen LogP contribution is -3.16. The van der Waals surface area contributed by atoms with Gasteiger partial charge in [0.05, 0.1) is 17.6 Å². The van der Waals surface area contributed by atoms with Crippen LogP contribution in [-0.4, -0.2) is 28.5 Å². The predicted molar refractivity (Wildman–Crippen MR) is 96.7 cm³/mol. The van der Waals surface area contributed by atoms with E-state index < -0.39 is 0 Å². The number of carbonyl (C=O) groups excluding carboxylic acids is 1. The molecule has 1 unspecified atom stereocenters. The van der Waals surface area contributed by atoms with Gasteiger partial charge in [0.2, 0.25) is 0 Å². The zero-order chi connectivity index (χ0) is 17.4. The molecule has 0 saturated heterocycles. The van der Waals surface area contributed by atoms with Crippen molar-refractivity contribution >= 4 is 22.6 Å². The molecular formula is C19H21N4O2+. The number of anilines is 1. The highest BCUT2D eigenvalue weighted by molar-refractivity contribution is 5.95. The monoisotopic (exact) mass is 337 g/mol. The number of fused-ring (bicyclic) bond motifs is 2. The van der Waals surface area contributed by atoms with Gasteiger partial charge in [0, 0.05) is 17.7 Å². The van der Waals surface area contributed by atoms with Crippen LogP contribution in [0.1, 0.15) is 18.1 Å². The molecule has 2 aromatic carbocycles. The molecule has 1 aliphatic heterocycles. The van der Waals surface area contributed by atoms with E-state index in [1.54, 1.807) is 18.2 Å². The summed E-state index contributed by atoms with van der Waals surface area (Å²) in [4.78, 5) is 30.7. The van der Waals surface area contributed by atoms with E-state index in [-0.39, 0.29) is 17.6 Å². The molecule has 0 spiro atoms. The van der Waals surface area contributed by atoms with Crippen LogP contribution in [-0.2, 0) is 17.8 Å². The Morgan fingerprint density at radius 3 is 2.72 bits per heavy atom. The van der Waals surface area contributed by atoms with Gasteiger partial charge in [-0.1, -0.05) is 24.3 Å². The predicted octanol–water partition coefficient (Wildman–Crippen LogP) is 0.824. The Kier molecular flexibility index (Phi) is 3.89. The van der Waals surface area contributed by atoms with Crippen LogP contribution in [0.4, 0.5) is 5.69 Å². The Hall–Kier alpha value is -2.86. The molecule has 4 N–H and O–H groups in total. The van der Waals surface area contributed by atoms with E-state index in [0.29, 0.717) is 11.2 Å². The van der Waals surface area contributed by atoms with E-state index in [4.69, 9.17) is 0 Å². The van der Waals surface area contributed by atoms with Crippen LogP contribution < -0.4 is 15.9 Å².